The lowest BCUT2D eigenvalue weighted by Gasteiger charge is -2.16. The minimum atomic E-state index is 0. The Morgan fingerprint density at radius 3 is 2.44 bits per heavy atom. The smallest absolute Gasteiger partial charge is 0.289 e. The molecular weight excluding hydrogens is 252 g/mol. The quantitative estimate of drug-likeness (QED) is 0.843. The second-order valence-corrected chi connectivity index (χ2v) is 5.26. The molecule has 1 N–H and O–H groups in total. The van der Waals surface area contributed by atoms with Crippen LogP contribution in [0.15, 0.2) is 10.5 Å². The normalized spacial score (nSPS) is 26.0. The SMILES string of the molecule is Cc1cc(C)c(C(=O)N2C[C@H]3CNC[C@H]3C2)o1.Cl. The molecule has 0 aromatic carbocycles. The van der Waals surface area contributed by atoms with Gasteiger partial charge in [-0.25, -0.2) is 0 Å². The minimum absolute atomic E-state index is 0. The van der Waals surface area contributed by atoms with Crippen LogP contribution < -0.4 is 5.32 Å². The second-order valence-electron chi connectivity index (χ2n) is 5.26. The molecule has 1 aromatic heterocycles. The zero-order chi connectivity index (χ0) is 12.0. The Morgan fingerprint density at radius 1 is 1.33 bits per heavy atom. The van der Waals surface area contributed by atoms with E-state index in [4.69, 9.17) is 4.42 Å². The van der Waals surface area contributed by atoms with E-state index >= 15 is 0 Å². The van der Waals surface area contributed by atoms with Crippen LogP contribution in [0, 0.1) is 25.7 Å². The number of carbonyl (C=O) groups excluding carboxylic acids is 1. The van der Waals surface area contributed by atoms with Crippen molar-refractivity contribution >= 4 is 18.3 Å². The van der Waals surface area contributed by atoms with Gasteiger partial charge in [0.05, 0.1) is 0 Å². The van der Waals surface area contributed by atoms with Gasteiger partial charge in [0.2, 0.25) is 0 Å². The van der Waals surface area contributed by atoms with Crippen LogP contribution in [-0.4, -0.2) is 37.0 Å². The number of aryl methyl sites for hydroxylation is 2. The summed E-state index contributed by atoms with van der Waals surface area (Å²) < 4.78 is 5.50. The number of carbonyl (C=O) groups is 1. The molecule has 2 aliphatic rings. The van der Waals surface area contributed by atoms with Gasteiger partial charge in [-0.2, -0.15) is 0 Å². The number of halogens is 1. The van der Waals surface area contributed by atoms with E-state index in [9.17, 15) is 4.79 Å². The molecule has 2 atom stereocenters. The van der Waals surface area contributed by atoms with Gasteiger partial charge in [0.15, 0.2) is 5.76 Å². The van der Waals surface area contributed by atoms with E-state index in [1.807, 2.05) is 24.8 Å². The predicted octanol–water partition coefficient (Wildman–Crippen LogP) is 1.61. The van der Waals surface area contributed by atoms with E-state index < -0.39 is 0 Å². The summed E-state index contributed by atoms with van der Waals surface area (Å²) >= 11 is 0. The Balaban J connectivity index is 0.00000120. The van der Waals surface area contributed by atoms with Crippen LogP contribution in [0.25, 0.3) is 0 Å². The van der Waals surface area contributed by atoms with Crippen molar-refractivity contribution < 1.29 is 9.21 Å². The molecule has 1 amide bonds. The topological polar surface area (TPSA) is 45.5 Å². The van der Waals surface area contributed by atoms with Crippen molar-refractivity contribution in [2.45, 2.75) is 13.8 Å². The average Bonchev–Trinajstić information content (AvgIpc) is 2.90. The number of rotatable bonds is 1. The first-order valence-corrected chi connectivity index (χ1v) is 6.22. The van der Waals surface area contributed by atoms with Crippen molar-refractivity contribution in [1.82, 2.24) is 10.2 Å². The van der Waals surface area contributed by atoms with Crippen molar-refractivity contribution in [2.24, 2.45) is 11.8 Å². The van der Waals surface area contributed by atoms with Gasteiger partial charge in [0.1, 0.15) is 5.76 Å². The van der Waals surface area contributed by atoms with Crippen molar-refractivity contribution in [3.63, 3.8) is 0 Å². The fourth-order valence-electron chi connectivity index (χ4n) is 3.02. The van der Waals surface area contributed by atoms with Crippen molar-refractivity contribution in [2.75, 3.05) is 26.2 Å². The molecule has 18 heavy (non-hydrogen) atoms. The number of nitrogens with one attached hydrogen (secondary N) is 1. The molecule has 4 nitrogen and oxygen atoms in total. The lowest BCUT2D eigenvalue weighted by Crippen LogP contribution is -2.31. The monoisotopic (exact) mass is 270 g/mol. The second kappa shape index (κ2) is 4.94. The van der Waals surface area contributed by atoms with Crippen LogP contribution >= 0.6 is 12.4 Å². The molecular formula is C13H19ClN2O2. The third-order valence-electron chi connectivity index (χ3n) is 3.91. The zero-order valence-corrected chi connectivity index (χ0v) is 11.5. The van der Waals surface area contributed by atoms with Crippen LogP contribution in [0.5, 0.6) is 0 Å². The van der Waals surface area contributed by atoms with Gasteiger partial charge in [-0.3, -0.25) is 4.79 Å². The lowest BCUT2D eigenvalue weighted by atomic mass is 10.0. The molecule has 0 aliphatic carbocycles. The van der Waals surface area contributed by atoms with Gasteiger partial charge in [-0.1, -0.05) is 0 Å². The number of nitrogens with zero attached hydrogens (tertiary/aromatic N) is 1. The summed E-state index contributed by atoms with van der Waals surface area (Å²) in [7, 11) is 0. The molecule has 0 radical (unpaired) electrons. The van der Waals surface area contributed by atoms with Gasteiger partial charge < -0.3 is 14.6 Å². The molecule has 2 fully saturated rings. The van der Waals surface area contributed by atoms with E-state index in [1.54, 1.807) is 0 Å². The maximum absolute atomic E-state index is 12.3. The Labute approximate surface area is 113 Å². The molecule has 0 unspecified atom stereocenters. The van der Waals surface area contributed by atoms with Gasteiger partial charge in [0, 0.05) is 31.7 Å². The summed E-state index contributed by atoms with van der Waals surface area (Å²) in [5.41, 5.74) is 0.947. The Kier molecular flexibility index (Phi) is 3.69. The molecule has 0 spiro atoms. The van der Waals surface area contributed by atoms with E-state index in [2.05, 4.69) is 5.32 Å². The van der Waals surface area contributed by atoms with Gasteiger partial charge in [0.25, 0.3) is 5.91 Å². The number of hydrogen-bond donors (Lipinski definition) is 1. The number of fused-ring (bicyclic) bond motifs is 1. The fraction of sp³-hybridized carbons (Fsp3) is 0.615. The summed E-state index contributed by atoms with van der Waals surface area (Å²) in [5.74, 6) is 2.66. The van der Waals surface area contributed by atoms with Gasteiger partial charge in [-0.05, 0) is 31.7 Å². The first-order chi connectivity index (χ1) is 8.15. The first-order valence-electron chi connectivity index (χ1n) is 6.22. The molecule has 2 aliphatic heterocycles. The third kappa shape index (κ3) is 2.15. The maximum Gasteiger partial charge on any atom is 0.289 e. The van der Waals surface area contributed by atoms with E-state index in [1.165, 1.54) is 0 Å². The van der Waals surface area contributed by atoms with Gasteiger partial charge >= 0.3 is 0 Å². The minimum Gasteiger partial charge on any atom is -0.456 e. The third-order valence-corrected chi connectivity index (χ3v) is 3.91. The highest BCUT2D eigenvalue weighted by Crippen LogP contribution is 2.28. The number of hydrogen-bond acceptors (Lipinski definition) is 3. The highest BCUT2D eigenvalue weighted by molar-refractivity contribution is 5.93. The van der Waals surface area contributed by atoms with Gasteiger partial charge in [-0.15, -0.1) is 12.4 Å². The molecule has 3 heterocycles. The largest absolute Gasteiger partial charge is 0.456 e. The van der Waals surface area contributed by atoms with Crippen LogP contribution in [-0.2, 0) is 0 Å². The standard InChI is InChI=1S/C13H18N2O2.ClH/c1-8-3-9(2)17-12(8)13(16)15-6-10-4-14-5-11(10)7-15;/h3,10-11,14H,4-7H2,1-2H3;1H/t10-,11+;. The molecule has 0 bridgehead atoms. The molecule has 100 valence electrons. The van der Waals surface area contributed by atoms with Crippen LogP contribution in [0.3, 0.4) is 0 Å². The van der Waals surface area contributed by atoms with Crippen LogP contribution in [0.4, 0.5) is 0 Å². The molecule has 0 saturated carbocycles. The molecule has 1 aromatic rings. The number of likely N-dealkylation sites (tertiary alicyclic amines) is 1. The molecule has 3 rings (SSSR count). The predicted molar refractivity (Wildman–Crippen MR) is 71.2 cm³/mol. The summed E-state index contributed by atoms with van der Waals surface area (Å²) in [6.45, 7) is 7.65. The Bertz CT molecular complexity index is 446. The number of amides is 1. The average molecular weight is 271 g/mol. The van der Waals surface area contributed by atoms with Crippen molar-refractivity contribution in [3.8, 4) is 0 Å². The highest BCUT2D eigenvalue weighted by atomic mass is 35.5. The van der Waals surface area contributed by atoms with E-state index in [-0.39, 0.29) is 18.3 Å². The summed E-state index contributed by atoms with van der Waals surface area (Å²) in [6, 6.07) is 1.92. The number of furan rings is 1. The molecule has 2 saturated heterocycles. The lowest BCUT2D eigenvalue weighted by molar-refractivity contribution is 0.0747. The highest BCUT2D eigenvalue weighted by Gasteiger charge is 2.39. The van der Waals surface area contributed by atoms with E-state index in [0.29, 0.717) is 17.6 Å². The van der Waals surface area contributed by atoms with Crippen LogP contribution in [0.1, 0.15) is 21.9 Å². The summed E-state index contributed by atoms with van der Waals surface area (Å²) in [4.78, 5) is 14.3. The Hall–Kier alpha value is -1.00. The van der Waals surface area contributed by atoms with Crippen molar-refractivity contribution in [1.29, 1.82) is 0 Å². The zero-order valence-electron chi connectivity index (χ0n) is 10.7. The van der Waals surface area contributed by atoms with E-state index in [0.717, 1.165) is 37.5 Å². The summed E-state index contributed by atoms with van der Waals surface area (Å²) in [5, 5.41) is 3.38. The Morgan fingerprint density at radius 2 is 1.94 bits per heavy atom. The summed E-state index contributed by atoms with van der Waals surface area (Å²) in [6.07, 6.45) is 0. The van der Waals surface area contributed by atoms with Crippen LogP contribution in [0.2, 0.25) is 0 Å². The maximum atomic E-state index is 12.3. The first kappa shape index (κ1) is 13.4. The van der Waals surface area contributed by atoms with Crippen molar-refractivity contribution in [3.05, 3.63) is 23.2 Å². The fourth-order valence-corrected chi connectivity index (χ4v) is 3.02. The molecule has 5 heteroatoms.